The molecule has 3 aromatic rings. The fraction of sp³-hybridized carbons (Fsp3) is 0.348. The number of amidine groups is 1. The molecule has 2 atom stereocenters. The zero-order valence-corrected chi connectivity index (χ0v) is 17.5. The number of carbonyl (C=O) groups excluding carboxylic acids is 1. The molecule has 1 aromatic heterocycles. The number of hydrogen-bond acceptors (Lipinski definition) is 6. The van der Waals surface area contributed by atoms with E-state index in [-0.39, 0.29) is 18.2 Å². The number of aromatic amines is 1. The number of anilines is 1. The van der Waals surface area contributed by atoms with Crippen LogP contribution < -0.4 is 14.4 Å². The summed E-state index contributed by atoms with van der Waals surface area (Å²) in [4.78, 5) is 23.5. The summed E-state index contributed by atoms with van der Waals surface area (Å²) in [5, 5.41) is 9.07. The number of imidazole rings is 1. The van der Waals surface area contributed by atoms with Crippen molar-refractivity contribution < 1.29 is 19.0 Å². The highest BCUT2D eigenvalue weighted by molar-refractivity contribution is 6.26. The summed E-state index contributed by atoms with van der Waals surface area (Å²) in [6.45, 7) is 0.831. The maximum absolute atomic E-state index is 13.9. The van der Waals surface area contributed by atoms with Gasteiger partial charge < -0.3 is 24.1 Å². The number of hydrogen-bond donors (Lipinski definition) is 2. The Labute approximate surface area is 179 Å². The van der Waals surface area contributed by atoms with E-state index in [0.29, 0.717) is 36.0 Å². The van der Waals surface area contributed by atoms with E-state index in [1.165, 1.54) is 0 Å². The quantitative estimate of drug-likeness (QED) is 0.672. The molecule has 2 unspecified atom stereocenters. The van der Waals surface area contributed by atoms with Crippen molar-refractivity contribution in [3.63, 3.8) is 0 Å². The number of fused-ring (bicyclic) bond motifs is 1. The Kier molecular flexibility index (Phi) is 4.66. The predicted octanol–water partition coefficient (Wildman–Crippen LogP) is 3.28. The van der Waals surface area contributed by atoms with Crippen LogP contribution in [0.1, 0.15) is 24.6 Å². The molecule has 2 aliphatic heterocycles. The molecule has 0 bridgehead atoms. The number of benzene rings is 2. The van der Waals surface area contributed by atoms with Gasteiger partial charge in [0, 0.05) is 24.8 Å². The second-order valence-electron chi connectivity index (χ2n) is 7.92. The smallest absolute Gasteiger partial charge is 0.179 e. The first-order valence-corrected chi connectivity index (χ1v) is 10.3. The molecule has 2 saturated heterocycles. The predicted molar refractivity (Wildman–Crippen MR) is 116 cm³/mol. The maximum atomic E-state index is 13.9. The largest absolute Gasteiger partial charge is 0.497 e. The minimum absolute atomic E-state index is 0.0713. The van der Waals surface area contributed by atoms with Crippen LogP contribution in [-0.4, -0.2) is 54.6 Å². The van der Waals surface area contributed by atoms with Crippen molar-refractivity contribution in [2.24, 2.45) is 0 Å². The topological polar surface area (TPSA) is 101 Å². The molecule has 2 aliphatic rings. The molecule has 0 amide bonds. The first-order chi connectivity index (χ1) is 15.1. The lowest BCUT2D eigenvalue weighted by Gasteiger charge is -2.40. The van der Waals surface area contributed by atoms with Crippen molar-refractivity contribution in [1.29, 1.82) is 5.41 Å². The lowest BCUT2D eigenvalue weighted by atomic mass is 9.85. The standard InChI is InChI=1S/C23H24N4O4/c1-29-15-10-14(11-16(12-15)30-2)27-21(24)19(20(28)23(27)8-5-9-31-13-23)22-25-17-6-3-4-7-18(17)26-22/h3-4,6-7,10-12,19,24H,5,8-9,13H2,1-2H3,(H,25,26). The Hall–Kier alpha value is -3.39. The van der Waals surface area contributed by atoms with Crippen LogP contribution in [-0.2, 0) is 9.53 Å². The Morgan fingerprint density at radius 1 is 1.19 bits per heavy atom. The van der Waals surface area contributed by atoms with Crippen LogP contribution >= 0.6 is 0 Å². The minimum Gasteiger partial charge on any atom is -0.497 e. The van der Waals surface area contributed by atoms with Gasteiger partial charge in [0.2, 0.25) is 0 Å². The van der Waals surface area contributed by atoms with E-state index in [2.05, 4.69) is 9.97 Å². The van der Waals surface area contributed by atoms with E-state index in [1.54, 1.807) is 25.2 Å². The first kappa shape index (κ1) is 19.6. The van der Waals surface area contributed by atoms with Crippen molar-refractivity contribution in [1.82, 2.24) is 9.97 Å². The number of ketones is 1. The third-order valence-electron chi connectivity index (χ3n) is 6.16. The number of H-pyrrole nitrogens is 1. The van der Waals surface area contributed by atoms with Gasteiger partial charge in [0.1, 0.15) is 34.6 Å². The lowest BCUT2D eigenvalue weighted by molar-refractivity contribution is -0.127. The molecule has 8 heteroatoms. The van der Waals surface area contributed by atoms with Gasteiger partial charge in [0.15, 0.2) is 5.78 Å². The molecular weight excluding hydrogens is 396 g/mol. The lowest BCUT2D eigenvalue weighted by Crippen LogP contribution is -2.55. The van der Waals surface area contributed by atoms with E-state index in [0.717, 1.165) is 17.5 Å². The molecule has 0 aliphatic carbocycles. The van der Waals surface area contributed by atoms with Gasteiger partial charge in [0.05, 0.1) is 37.5 Å². The second kappa shape index (κ2) is 7.39. The fourth-order valence-corrected chi connectivity index (χ4v) is 4.68. The van der Waals surface area contributed by atoms with Crippen molar-refractivity contribution in [3.8, 4) is 11.5 Å². The van der Waals surface area contributed by atoms with Gasteiger partial charge in [-0.15, -0.1) is 0 Å². The van der Waals surface area contributed by atoms with Gasteiger partial charge in [-0.3, -0.25) is 10.2 Å². The van der Waals surface area contributed by atoms with Crippen LogP contribution in [0.3, 0.4) is 0 Å². The van der Waals surface area contributed by atoms with Crippen LogP contribution in [0.25, 0.3) is 11.0 Å². The van der Waals surface area contributed by atoms with Crippen LogP contribution in [0.5, 0.6) is 11.5 Å². The molecule has 31 heavy (non-hydrogen) atoms. The van der Waals surface area contributed by atoms with Gasteiger partial charge in [-0.05, 0) is 25.0 Å². The molecule has 2 fully saturated rings. The Morgan fingerprint density at radius 3 is 2.58 bits per heavy atom. The van der Waals surface area contributed by atoms with Crippen LogP contribution in [0.4, 0.5) is 5.69 Å². The average Bonchev–Trinajstić information content (AvgIpc) is 3.30. The number of nitrogens with zero attached hydrogens (tertiary/aromatic N) is 2. The number of para-hydroxylation sites is 2. The van der Waals surface area contributed by atoms with Crippen molar-refractivity contribution in [2.45, 2.75) is 24.3 Å². The number of ether oxygens (including phenoxy) is 3. The normalized spacial score (nSPS) is 23.7. The summed E-state index contributed by atoms with van der Waals surface area (Å²) in [6.07, 6.45) is 1.34. The first-order valence-electron chi connectivity index (χ1n) is 10.3. The van der Waals surface area contributed by atoms with E-state index in [4.69, 9.17) is 19.6 Å². The molecule has 1 spiro atoms. The summed E-state index contributed by atoms with van der Waals surface area (Å²) in [5.41, 5.74) is 1.32. The summed E-state index contributed by atoms with van der Waals surface area (Å²) >= 11 is 0. The third kappa shape index (κ3) is 2.97. The molecular formula is C23H24N4O4. The fourth-order valence-electron chi connectivity index (χ4n) is 4.68. The highest BCUT2D eigenvalue weighted by Crippen LogP contribution is 2.45. The SMILES string of the molecule is COc1cc(OC)cc(N2C(=N)C(c3nc4ccccc4[nH]3)C(=O)C23CCCOC3)c1. The Bertz CT molecular complexity index is 1110. The van der Waals surface area contributed by atoms with Crippen LogP contribution in [0, 0.1) is 5.41 Å². The summed E-state index contributed by atoms with van der Waals surface area (Å²) in [5.74, 6) is 0.968. The molecule has 8 nitrogen and oxygen atoms in total. The highest BCUT2D eigenvalue weighted by atomic mass is 16.5. The minimum atomic E-state index is -0.962. The number of nitrogens with one attached hydrogen (secondary N) is 2. The summed E-state index contributed by atoms with van der Waals surface area (Å²) in [7, 11) is 3.16. The molecule has 2 N–H and O–H groups in total. The molecule has 3 heterocycles. The van der Waals surface area contributed by atoms with Crippen molar-refractivity contribution in [3.05, 3.63) is 48.3 Å². The highest BCUT2D eigenvalue weighted by Gasteiger charge is 2.59. The van der Waals surface area contributed by atoms with Crippen molar-refractivity contribution >= 4 is 28.3 Å². The van der Waals surface area contributed by atoms with Gasteiger partial charge in [-0.2, -0.15) is 0 Å². The van der Waals surface area contributed by atoms with E-state index in [9.17, 15) is 4.79 Å². The third-order valence-corrected chi connectivity index (χ3v) is 6.16. The van der Waals surface area contributed by atoms with Gasteiger partial charge in [-0.1, -0.05) is 12.1 Å². The maximum Gasteiger partial charge on any atom is 0.179 e. The van der Waals surface area contributed by atoms with Gasteiger partial charge >= 0.3 is 0 Å². The number of Topliss-reactive ketones (excluding diaryl/α,β-unsaturated/α-hetero) is 1. The second-order valence-corrected chi connectivity index (χ2v) is 7.92. The van der Waals surface area contributed by atoms with Gasteiger partial charge in [0.25, 0.3) is 0 Å². The number of carbonyl (C=O) groups is 1. The van der Waals surface area contributed by atoms with E-state index < -0.39 is 11.5 Å². The van der Waals surface area contributed by atoms with E-state index >= 15 is 0 Å². The van der Waals surface area contributed by atoms with Crippen LogP contribution in [0.2, 0.25) is 0 Å². The molecule has 2 aromatic carbocycles. The average molecular weight is 420 g/mol. The summed E-state index contributed by atoms with van der Waals surface area (Å²) < 4.78 is 16.7. The van der Waals surface area contributed by atoms with Gasteiger partial charge in [-0.25, -0.2) is 4.98 Å². The summed E-state index contributed by atoms with van der Waals surface area (Å²) in [6, 6.07) is 13.0. The molecule has 0 saturated carbocycles. The monoisotopic (exact) mass is 420 g/mol. The molecule has 0 radical (unpaired) electrons. The van der Waals surface area contributed by atoms with E-state index in [1.807, 2.05) is 36.4 Å². The van der Waals surface area contributed by atoms with Crippen molar-refractivity contribution in [2.75, 3.05) is 32.3 Å². The number of aromatic nitrogens is 2. The Morgan fingerprint density at radius 2 is 1.94 bits per heavy atom. The Balaban J connectivity index is 1.66. The zero-order valence-electron chi connectivity index (χ0n) is 17.5. The number of rotatable bonds is 4. The number of methoxy groups -OCH3 is 2. The molecule has 5 rings (SSSR count). The van der Waals surface area contributed by atoms with Crippen LogP contribution in [0.15, 0.2) is 42.5 Å². The molecule has 160 valence electrons. The zero-order chi connectivity index (χ0) is 21.6.